The van der Waals surface area contributed by atoms with Gasteiger partial charge in [0.1, 0.15) is 0 Å². The number of hydrogen-bond donors (Lipinski definition) is 2. The van der Waals surface area contributed by atoms with Gasteiger partial charge in [-0.3, -0.25) is 9.59 Å². The maximum Gasteiger partial charge on any atom is 0.340 e. The van der Waals surface area contributed by atoms with Gasteiger partial charge in [0.15, 0.2) is 6.61 Å². The van der Waals surface area contributed by atoms with Crippen molar-refractivity contribution in [1.29, 1.82) is 5.26 Å². The monoisotopic (exact) mass is 479 g/mol. The first-order valence-corrected chi connectivity index (χ1v) is 11.1. The van der Waals surface area contributed by atoms with Crippen molar-refractivity contribution in [2.75, 3.05) is 23.0 Å². The van der Waals surface area contributed by atoms with Gasteiger partial charge in [-0.15, -0.1) is 11.8 Å². The minimum absolute atomic E-state index is 0.109. The van der Waals surface area contributed by atoms with Crippen molar-refractivity contribution in [3.63, 3.8) is 0 Å². The summed E-state index contributed by atoms with van der Waals surface area (Å²) >= 11 is 7.13. The molecule has 0 saturated carbocycles. The lowest BCUT2D eigenvalue weighted by Gasteiger charge is -2.12. The summed E-state index contributed by atoms with van der Waals surface area (Å²) in [6.07, 6.45) is 0. The molecule has 0 unspecified atom stereocenters. The summed E-state index contributed by atoms with van der Waals surface area (Å²) in [6.45, 7) is -0.518. The Morgan fingerprint density at radius 3 is 2.30 bits per heavy atom. The van der Waals surface area contributed by atoms with E-state index in [4.69, 9.17) is 21.6 Å². The standard InChI is InChI=1S/C24H18ClN3O4S/c25-17-11-9-16(10-12-17)23(30)28-19-6-2-1-5-18(19)24(31)32-15-22(29)27-20-7-3-4-8-21(20)33-14-13-26/h1-12H,14-15H2,(H,27,29)(H,28,30). The highest BCUT2D eigenvalue weighted by Crippen LogP contribution is 2.26. The maximum absolute atomic E-state index is 12.6. The van der Waals surface area contributed by atoms with Gasteiger partial charge in [0.25, 0.3) is 11.8 Å². The molecule has 33 heavy (non-hydrogen) atoms. The third kappa shape index (κ3) is 6.84. The molecule has 2 amide bonds. The molecule has 0 aromatic heterocycles. The van der Waals surface area contributed by atoms with E-state index in [1.54, 1.807) is 66.7 Å². The summed E-state index contributed by atoms with van der Waals surface area (Å²) < 4.78 is 5.15. The maximum atomic E-state index is 12.6. The molecule has 0 fully saturated rings. The molecule has 0 atom stereocenters. The molecule has 7 nitrogen and oxygen atoms in total. The van der Waals surface area contributed by atoms with Crippen molar-refractivity contribution in [3.8, 4) is 6.07 Å². The Morgan fingerprint density at radius 2 is 1.58 bits per heavy atom. The van der Waals surface area contributed by atoms with Gasteiger partial charge in [0.05, 0.1) is 28.8 Å². The molecular weight excluding hydrogens is 462 g/mol. The number of para-hydroxylation sites is 2. The van der Waals surface area contributed by atoms with E-state index >= 15 is 0 Å². The van der Waals surface area contributed by atoms with E-state index < -0.39 is 24.4 Å². The number of nitriles is 1. The third-order valence-corrected chi connectivity index (χ3v) is 5.48. The zero-order valence-electron chi connectivity index (χ0n) is 17.2. The smallest absolute Gasteiger partial charge is 0.340 e. The highest BCUT2D eigenvalue weighted by Gasteiger charge is 2.17. The number of halogens is 1. The minimum atomic E-state index is -0.760. The number of amides is 2. The van der Waals surface area contributed by atoms with Gasteiger partial charge < -0.3 is 15.4 Å². The van der Waals surface area contributed by atoms with E-state index in [0.717, 1.165) is 4.90 Å². The average Bonchev–Trinajstić information content (AvgIpc) is 2.82. The number of carbonyl (C=O) groups is 3. The summed E-state index contributed by atoms with van der Waals surface area (Å²) in [7, 11) is 0. The molecule has 0 aliphatic rings. The SMILES string of the molecule is N#CCSc1ccccc1NC(=O)COC(=O)c1ccccc1NC(=O)c1ccc(Cl)cc1. The van der Waals surface area contributed by atoms with Crippen molar-refractivity contribution >= 4 is 52.5 Å². The minimum Gasteiger partial charge on any atom is -0.452 e. The predicted molar refractivity (Wildman–Crippen MR) is 128 cm³/mol. The summed E-state index contributed by atoms with van der Waals surface area (Å²) in [5.41, 5.74) is 1.25. The van der Waals surface area contributed by atoms with E-state index in [9.17, 15) is 14.4 Å². The molecule has 2 N–H and O–H groups in total. The second kappa shape index (κ2) is 11.7. The topological polar surface area (TPSA) is 108 Å². The molecule has 0 heterocycles. The summed E-state index contributed by atoms with van der Waals surface area (Å²) in [6, 6.07) is 21.7. The highest BCUT2D eigenvalue weighted by atomic mass is 35.5. The van der Waals surface area contributed by atoms with Crippen molar-refractivity contribution in [2.45, 2.75) is 4.90 Å². The molecule has 3 aromatic rings. The number of benzene rings is 3. The lowest BCUT2D eigenvalue weighted by Crippen LogP contribution is -2.22. The molecule has 0 aliphatic heterocycles. The van der Waals surface area contributed by atoms with Crippen molar-refractivity contribution < 1.29 is 19.1 Å². The molecule has 9 heteroatoms. The van der Waals surface area contributed by atoms with Crippen LogP contribution in [0.5, 0.6) is 0 Å². The first-order valence-electron chi connectivity index (χ1n) is 9.69. The Balaban J connectivity index is 1.62. The number of hydrogen-bond acceptors (Lipinski definition) is 6. The van der Waals surface area contributed by atoms with E-state index in [-0.39, 0.29) is 17.0 Å². The fourth-order valence-electron chi connectivity index (χ4n) is 2.77. The van der Waals surface area contributed by atoms with Crippen LogP contribution in [-0.2, 0) is 9.53 Å². The predicted octanol–water partition coefficient (Wildman–Crippen LogP) is 5.00. The Bertz CT molecular complexity index is 1210. The summed E-state index contributed by atoms with van der Waals surface area (Å²) in [5, 5.41) is 14.6. The molecule has 3 rings (SSSR count). The van der Waals surface area contributed by atoms with Gasteiger partial charge >= 0.3 is 5.97 Å². The van der Waals surface area contributed by atoms with Crippen LogP contribution in [-0.4, -0.2) is 30.1 Å². The Hall–Kier alpha value is -3.80. The van der Waals surface area contributed by atoms with Crippen LogP contribution >= 0.6 is 23.4 Å². The Kier molecular flexibility index (Phi) is 8.47. The van der Waals surface area contributed by atoms with Crippen LogP contribution in [0.4, 0.5) is 11.4 Å². The second-order valence-electron chi connectivity index (χ2n) is 6.57. The van der Waals surface area contributed by atoms with Crippen LogP contribution in [0.25, 0.3) is 0 Å². The van der Waals surface area contributed by atoms with Crippen molar-refractivity contribution in [3.05, 3.63) is 88.9 Å². The number of nitrogens with one attached hydrogen (secondary N) is 2. The normalized spacial score (nSPS) is 10.1. The second-order valence-corrected chi connectivity index (χ2v) is 8.03. The quantitative estimate of drug-likeness (QED) is 0.347. The Labute approximate surface area is 199 Å². The van der Waals surface area contributed by atoms with Crippen molar-refractivity contribution in [1.82, 2.24) is 0 Å². The molecule has 3 aromatic carbocycles. The van der Waals surface area contributed by atoms with Crippen LogP contribution in [0.3, 0.4) is 0 Å². The van der Waals surface area contributed by atoms with Gasteiger partial charge in [-0.25, -0.2) is 4.79 Å². The molecule has 0 spiro atoms. The fourth-order valence-corrected chi connectivity index (χ4v) is 3.56. The molecule has 0 aliphatic carbocycles. The molecular formula is C24H18ClN3O4S. The average molecular weight is 480 g/mol. The first kappa shape index (κ1) is 23.9. The zero-order chi connectivity index (χ0) is 23.6. The van der Waals surface area contributed by atoms with Crippen LogP contribution in [0.15, 0.2) is 77.7 Å². The van der Waals surface area contributed by atoms with Gasteiger partial charge in [0.2, 0.25) is 0 Å². The van der Waals surface area contributed by atoms with E-state index in [1.807, 2.05) is 6.07 Å². The van der Waals surface area contributed by atoms with E-state index in [2.05, 4.69) is 10.6 Å². The van der Waals surface area contributed by atoms with Crippen LogP contribution < -0.4 is 10.6 Å². The highest BCUT2D eigenvalue weighted by molar-refractivity contribution is 7.99. The number of anilines is 2. The van der Waals surface area contributed by atoms with Gasteiger partial charge in [-0.2, -0.15) is 5.26 Å². The molecule has 166 valence electrons. The lowest BCUT2D eigenvalue weighted by molar-refractivity contribution is -0.119. The summed E-state index contributed by atoms with van der Waals surface area (Å²) in [5.74, 6) is -1.48. The largest absolute Gasteiger partial charge is 0.452 e. The third-order valence-electron chi connectivity index (χ3n) is 4.29. The number of rotatable bonds is 8. The van der Waals surface area contributed by atoms with Crippen LogP contribution in [0, 0.1) is 11.3 Å². The number of nitrogens with zero attached hydrogens (tertiary/aromatic N) is 1. The Morgan fingerprint density at radius 1 is 0.909 bits per heavy atom. The van der Waals surface area contributed by atoms with Gasteiger partial charge in [-0.1, -0.05) is 35.9 Å². The first-order chi connectivity index (χ1) is 16.0. The fraction of sp³-hybridized carbons (Fsp3) is 0.0833. The lowest BCUT2D eigenvalue weighted by atomic mass is 10.1. The van der Waals surface area contributed by atoms with E-state index in [0.29, 0.717) is 16.3 Å². The van der Waals surface area contributed by atoms with Gasteiger partial charge in [0, 0.05) is 15.5 Å². The number of thioether (sulfide) groups is 1. The molecule has 0 radical (unpaired) electrons. The number of carbonyl (C=O) groups excluding carboxylic acids is 3. The van der Waals surface area contributed by atoms with Crippen LogP contribution in [0.1, 0.15) is 20.7 Å². The zero-order valence-corrected chi connectivity index (χ0v) is 18.8. The number of esters is 1. The molecule has 0 bridgehead atoms. The van der Waals surface area contributed by atoms with E-state index in [1.165, 1.54) is 17.8 Å². The van der Waals surface area contributed by atoms with Crippen molar-refractivity contribution in [2.24, 2.45) is 0 Å². The molecule has 0 saturated heterocycles. The van der Waals surface area contributed by atoms with Gasteiger partial charge in [-0.05, 0) is 48.5 Å². The summed E-state index contributed by atoms with van der Waals surface area (Å²) in [4.78, 5) is 38.1. The van der Waals surface area contributed by atoms with Crippen LogP contribution in [0.2, 0.25) is 5.02 Å². The number of ether oxygens (including phenoxy) is 1.